The molecule has 6 nitrogen and oxygen atoms in total. The van der Waals surface area contributed by atoms with Crippen LogP contribution in [-0.2, 0) is 9.59 Å². The number of hydrogen-bond donors (Lipinski definition) is 2. The molecule has 0 saturated heterocycles. The summed E-state index contributed by atoms with van der Waals surface area (Å²) in [6.07, 6.45) is 0. The van der Waals surface area contributed by atoms with Gasteiger partial charge in [-0.2, -0.15) is 0 Å². The minimum absolute atomic E-state index is 0.0119. The number of carbonyl (C=O) groups excluding carboxylic acids is 2. The molecule has 1 heterocycles. The number of para-hydroxylation sites is 1. The van der Waals surface area contributed by atoms with Crippen LogP contribution < -0.4 is 20.1 Å². The van der Waals surface area contributed by atoms with Crippen LogP contribution in [-0.4, -0.2) is 25.0 Å². The summed E-state index contributed by atoms with van der Waals surface area (Å²) in [4.78, 5) is 24.1. The Hall–Kier alpha value is -3.09. The number of nitrogens with one attached hydrogen (secondary N) is 2. The van der Waals surface area contributed by atoms with Gasteiger partial charge in [0.2, 0.25) is 5.91 Å². The molecule has 0 aliphatic carbocycles. The Morgan fingerprint density at radius 1 is 1.31 bits per heavy atom. The second-order valence-electron chi connectivity index (χ2n) is 6.60. The fraction of sp³-hybridized carbons (Fsp3) is 0.263. The number of benzene rings is 2. The standard InChI is InChI=1S/C19H19FN2O4/c1-19(2)11-26-16-9-12(7-8-14(16)22-18(19)24)21-17(23)10-25-15-6-4-3-5-13(15)20/h3-9H,10-11H2,1-2H3,(H,21,23)(H,22,24). The molecule has 0 atom stereocenters. The number of amides is 2. The van der Waals surface area contributed by atoms with Crippen LogP contribution in [0, 0.1) is 11.2 Å². The van der Waals surface area contributed by atoms with Crippen molar-refractivity contribution >= 4 is 23.2 Å². The second kappa shape index (κ2) is 7.03. The average Bonchev–Trinajstić information content (AvgIpc) is 2.71. The molecule has 0 aromatic heterocycles. The van der Waals surface area contributed by atoms with Crippen molar-refractivity contribution in [3.8, 4) is 11.5 Å². The third-order valence-corrected chi connectivity index (χ3v) is 3.91. The van der Waals surface area contributed by atoms with Gasteiger partial charge in [-0.15, -0.1) is 0 Å². The SMILES string of the molecule is CC1(C)COc2cc(NC(=O)COc3ccccc3F)ccc2NC1=O. The van der Waals surface area contributed by atoms with E-state index < -0.39 is 17.1 Å². The Balaban J connectivity index is 1.64. The van der Waals surface area contributed by atoms with E-state index in [4.69, 9.17) is 9.47 Å². The van der Waals surface area contributed by atoms with Crippen molar-refractivity contribution in [1.29, 1.82) is 0 Å². The lowest BCUT2D eigenvalue weighted by Gasteiger charge is -2.18. The van der Waals surface area contributed by atoms with Crippen LogP contribution in [0.15, 0.2) is 42.5 Å². The average molecular weight is 358 g/mol. The van der Waals surface area contributed by atoms with Gasteiger partial charge in [0.1, 0.15) is 12.4 Å². The highest BCUT2D eigenvalue weighted by atomic mass is 19.1. The molecule has 0 spiro atoms. The Kier molecular flexibility index (Phi) is 4.79. The predicted octanol–water partition coefficient (Wildman–Crippen LogP) is 3.20. The van der Waals surface area contributed by atoms with E-state index in [9.17, 15) is 14.0 Å². The Labute approximate surface area is 150 Å². The summed E-state index contributed by atoms with van der Waals surface area (Å²) in [5.41, 5.74) is 0.372. The zero-order valence-electron chi connectivity index (χ0n) is 14.5. The van der Waals surface area contributed by atoms with Gasteiger partial charge in [0.25, 0.3) is 5.91 Å². The second-order valence-corrected chi connectivity index (χ2v) is 6.60. The number of carbonyl (C=O) groups is 2. The quantitative estimate of drug-likeness (QED) is 0.880. The summed E-state index contributed by atoms with van der Waals surface area (Å²) in [5, 5.41) is 5.46. The first-order valence-corrected chi connectivity index (χ1v) is 8.11. The van der Waals surface area contributed by atoms with Crippen molar-refractivity contribution in [2.75, 3.05) is 23.8 Å². The minimum Gasteiger partial charge on any atom is -0.490 e. The van der Waals surface area contributed by atoms with Gasteiger partial charge >= 0.3 is 0 Å². The number of hydrogen-bond acceptors (Lipinski definition) is 4. The van der Waals surface area contributed by atoms with E-state index in [0.29, 0.717) is 17.1 Å². The summed E-state index contributed by atoms with van der Waals surface area (Å²) < 4.78 is 24.3. The molecule has 2 amide bonds. The van der Waals surface area contributed by atoms with E-state index >= 15 is 0 Å². The van der Waals surface area contributed by atoms with Gasteiger partial charge < -0.3 is 20.1 Å². The van der Waals surface area contributed by atoms with E-state index in [0.717, 1.165) is 0 Å². The van der Waals surface area contributed by atoms with E-state index in [2.05, 4.69) is 10.6 Å². The van der Waals surface area contributed by atoms with Crippen LogP contribution in [0.3, 0.4) is 0 Å². The maximum Gasteiger partial charge on any atom is 0.262 e. The molecule has 0 bridgehead atoms. The van der Waals surface area contributed by atoms with Gasteiger partial charge in [-0.25, -0.2) is 4.39 Å². The topological polar surface area (TPSA) is 76.7 Å². The van der Waals surface area contributed by atoms with Crippen molar-refractivity contribution in [3.05, 3.63) is 48.3 Å². The maximum atomic E-state index is 13.5. The van der Waals surface area contributed by atoms with Crippen molar-refractivity contribution < 1.29 is 23.5 Å². The highest BCUT2D eigenvalue weighted by Crippen LogP contribution is 2.34. The first-order valence-electron chi connectivity index (χ1n) is 8.11. The van der Waals surface area contributed by atoms with Crippen LogP contribution in [0.4, 0.5) is 15.8 Å². The molecular weight excluding hydrogens is 339 g/mol. The smallest absolute Gasteiger partial charge is 0.262 e. The molecule has 0 saturated carbocycles. The van der Waals surface area contributed by atoms with E-state index in [1.807, 2.05) is 0 Å². The number of anilines is 2. The van der Waals surface area contributed by atoms with E-state index in [1.165, 1.54) is 18.2 Å². The van der Waals surface area contributed by atoms with Crippen LogP contribution >= 0.6 is 0 Å². The minimum atomic E-state index is -0.657. The van der Waals surface area contributed by atoms with Gasteiger partial charge in [-0.05, 0) is 38.1 Å². The predicted molar refractivity (Wildman–Crippen MR) is 94.9 cm³/mol. The third-order valence-electron chi connectivity index (χ3n) is 3.91. The zero-order valence-corrected chi connectivity index (χ0v) is 14.5. The number of ether oxygens (including phenoxy) is 2. The van der Waals surface area contributed by atoms with Crippen molar-refractivity contribution in [1.82, 2.24) is 0 Å². The summed E-state index contributed by atoms with van der Waals surface area (Å²) in [6.45, 7) is 3.47. The normalized spacial score (nSPS) is 15.1. The van der Waals surface area contributed by atoms with Crippen molar-refractivity contribution in [2.24, 2.45) is 5.41 Å². The monoisotopic (exact) mass is 358 g/mol. The van der Waals surface area contributed by atoms with Crippen LogP contribution in [0.1, 0.15) is 13.8 Å². The summed E-state index contributed by atoms with van der Waals surface area (Å²) in [5.74, 6) is -0.621. The molecule has 7 heteroatoms. The fourth-order valence-electron chi connectivity index (χ4n) is 2.34. The Bertz CT molecular complexity index is 851. The van der Waals surface area contributed by atoms with Gasteiger partial charge in [0.05, 0.1) is 11.1 Å². The van der Waals surface area contributed by atoms with E-state index in [1.54, 1.807) is 38.1 Å². The maximum absolute atomic E-state index is 13.5. The third kappa shape index (κ3) is 3.93. The highest BCUT2D eigenvalue weighted by molar-refractivity contribution is 5.98. The molecule has 0 fully saturated rings. The largest absolute Gasteiger partial charge is 0.490 e. The summed E-state index contributed by atoms with van der Waals surface area (Å²) in [6, 6.07) is 10.8. The summed E-state index contributed by atoms with van der Waals surface area (Å²) >= 11 is 0. The fourth-order valence-corrected chi connectivity index (χ4v) is 2.34. The number of halogens is 1. The van der Waals surface area contributed by atoms with Gasteiger partial charge in [-0.1, -0.05) is 12.1 Å². The zero-order chi connectivity index (χ0) is 18.7. The van der Waals surface area contributed by atoms with Gasteiger partial charge in [0, 0.05) is 11.8 Å². The van der Waals surface area contributed by atoms with Crippen LogP contribution in [0.2, 0.25) is 0 Å². The van der Waals surface area contributed by atoms with Gasteiger partial charge in [-0.3, -0.25) is 9.59 Å². The lowest BCUT2D eigenvalue weighted by molar-refractivity contribution is -0.125. The van der Waals surface area contributed by atoms with Crippen LogP contribution in [0.25, 0.3) is 0 Å². The number of rotatable bonds is 4. The van der Waals surface area contributed by atoms with E-state index in [-0.39, 0.29) is 24.9 Å². The molecule has 2 aromatic rings. The first kappa shape index (κ1) is 17.7. The number of fused-ring (bicyclic) bond motifs is 1. The Morgan fingerprint density at radius 2 is 2.08 bits per heavy atom. The molecule has 136 valence electrons. The first-order chi connectivity index (χ1) is 12.3. The molecule has 26 heavy (non-hydrogen) atoms. The molecule has 1 aliphatic rings. The molecule has 3 rings (SSSR count). The molecule has 1 aliphatic heterocycles. The lowest BCUT2D eigenvalue weighted by atomic mass is 9.94. The highest BCUT2D eigenvalue weighted by Gasteiger charge is 2.32. The molecule has 0 radical (unpaired) electrons. The molecule has 2 aromatic carbocycles. The van der Waals surface area contributed by atoms with Crippen molar-refractivity contribution in [3.63, 3.8) is 0 Å². The van der Waals surface area contributed by atoms with Crippen LogP contribution in [0.5, 0.6) is 11.5 Å². The summed E-state index contributed by atoms with van der Waals surface area (Å²) in [7, 11) is 0. The Morgan fingerprint density at radius 3 is 2.85 bits per heavy atom. The molecule has 2 N–H and O–H groups in total. The lowest BCUT2D eigenvalue weighted by Crippen LogP contribution is -2.33. The van der Waals surface area contributed by atoms with Crippen molar-refractivity contribution in [2.45, 2.75) is 13.8 Å². The molecule has 0 unspecified atom stereocenters. The molecular formula is C19H19FN2O4. The van der Waals surface area contributed by atoms with Gasteiger partial charge in [0.15, 0.2) is 18.2 Å².